The summed E-state index contributed by atoms with van der Waals surface area (Å²) in [4.78, 5) is 12.3. The van der Waals surface area contributed by atoms with Gasteiger partial charge in [-0.3, -0.25) is 0 Å². The van der Waals surface area contributed by atoms with Crippen LogP contribution in [0.4, 0.5) is 11.4 Å². The van der Waals surface area contributed by atoms with Gasteiger partial charge in [0, 0.05) is 29.3 Å². The minimum atomic E-state index is -1.67. The predicted octanol–water partition coefficient (Wildman–Crippen LogP) is 6.32. The molecule has 2 aromatic rings. The number of hydrogen-bond acceptors (Lipinski definition) is 2. The minimum absolute atomic E-state index is 0. The summed E-state index contributed by atoms with van der Waals surface area (Å²) in [5.74, 6) is 1.44. The van der Waals surface area contributed by atoms with Gasteiger partial charge >= 0.3 is 8.45 Å². The third-order valence-electron chi connectivity index (χ3n) is 7.19. The van der Waals surface area contributed by atoms with Crippen LogP contribution in [0.1, 0.15) is 122 Å². The van der Waals surface area contributed by atoms with Crippen LogP contribution in [-0.2, 0) is 0 Å². The van der Waals surface area contributed by atoms with E-state index in [2.05, 4.69) is 122 Å². The lowest BCUT2D eigenvalue weighted by Crippen LogP contribution is -3.00. The number of para-hydroxylation sites is 2. The van der Waals surface area contributed by atoms with E-state index in [0.717, 1.165) is 11.4 Å². The van der Waals surface area contributed by atoms with Crippen LogP contribution in [0.3, 0.4) is 0 Å². The first-order chi connectivity index (χ1) is 15.9. The van der Waals surface area contributed by atoms with Crippen LogP contribution in [0.2, 0.25) is 0 Å². The first kappa shape index (κ1) is 29.7. The predicted molar refractivity (Wildman–Crippen MR) is 150 cm³/mol. The number of hydrogen-bond donors (Lipinski definition) is 1. The molecule has 1 atom stereocenters. The summed E-state index contributed by atoms with van der Waals surface area (Å²) in [6.45, 7) is 24.5. The largest absolute Gasteiger partial charge is 1.00 e. The van der Waals surface area contributed by atoms with E-state index in [1.54, 1.807) is 0 Å². The standard InChI is InChI=1S/C30H44N2OP.BrH/c1-18(2)25-14-12-15-26(19(3)4)29(25)31-23(10)22(9)24(11)32(34(31)33)30-27(20(5)6)16-13-17-28(30)21(7)8;/h12-21,33H,1-11H3;1H/q+1;/p-1. The molecular formula is C30H44BrN2OP. The van der Waals surface area contributed by atoms with Crippen LogP contribution in [0.5, 0.6) is 0 Å². The van der Waals surface area contributed by atoms with Gasteiger partial charge in [-0.25, -0.2) is 4.67 Å². The Kier molecular flexibility index (Phi) is 9.96. The molecular weight excluding hydrogens is 515 g/mol. The number of benzene rings is 2. The summed E-state index contributed by atoms with van der Waals surface area (Å²) in [5, 5.41) is 0. The van der Waals surface area contributed by atoms with Gasteiger partial charge in [-0.2, -0.15) is 0 Å². The van der Waals surface area contributed by atoms with E-state index < -0.39 is 8.45 Å². The maximum atomic E-state index is 12.3. The Morgan fingerprint density at radius 2 is 1.06 bits per heavy atom. The van der Waals surface area contributed by atoms with Crippen LogP contribution in [0, 0.1) is 0 Å². The molecule has 5 heteroatoms. The Hall–Kier alpha value is -1.48. The fraction of sp³-hybridized carbons (Fsp3) is 0.500. The van der Waals surface area contributed by atoms with E-state index in [4.69, 9.17) is 0 Å². The molecule has 35 heavy (non-hydrogen) atoms. The van der Waals surface area contributed by atoms with Gasteiger partial charge in [0.2, 0.25) is 5.69 Å². The molecule has 3 rings (SSSR count). The van der Waals surface area contributed by atoms with Gasteiger partial charge in [0.25, 0.3) is 0 Å². The molecule has 0 bridgehead atoms. The number of halogens is 1. The van der Waals surface area contributed by atoms with Crippen molar-refractivity contribution in [1.29, 1.82) is 0 Å². The smallest absolute Gasteiger partial charge is 0.464 e. The highest BCUT2D eigenvalue weighted by Gasteiger charge is 2.44. The first-order valence-corrected chi connectivity index (χ1v) is 14.0. The van der Waals surface area contributed by atoms with Gasteiger partial charge in [-0.1, -0.05) is 91.8 Å². The third-order valence-corrected chi connectivity index (χ3v) is 8.90. The summed E-state index contributed by atoms with van der Waals surface area (Å²) < 4.78 is 4.51. The number of nitrogens with zero attached hydrogens (tertiary/aromatic N) is 2. The summed E-state index contributed by atoms with van der Waals surface area (Å²) in [5.41, 5.74) is 11.1. The molecule has 2 aromatic carbocycles. The molecule has 0 fully saturated rings. The molecule has 0 saturated carbocycles. The van der Waals surface area contributed by atoms with E-state index in [9.17, 15) is 4.89 Å². The van der Waals surface area contributed by atoms with Gasteiger partial charge in [-0.05, 0) is 48.6 Å². The quantitative estimate of drug-likeness (QED) is 0.420. The highest BCUT2D eigenvalue weighted by Crippen LogP contribution is 2.56. The highest BCUT2D eigenvalue weighted by molar-refractivity contribution is 7.47. The van der Waals surface area contributed by atoms with Crippen LogP contribution < -0.4 is 21.7 Å². The van der Waals surface area contributed by atoms with Crippen molar-refractivity contribution in [3.8, 4) is 0 Å². The lowest BCUT2D eigenvalue weighted by Gasteiger charge is -2.35. The molecule has 1 aliphatic rings. The van der Waals surface area contributed by atoms with Crippen LogP contribution in [0.15, 0.2) is 47.7 Å². The van der Waals surface area contributed by atoms with Crippen molar-refractivity contribution in [2.24, 2.45) is 0 Å². The maximum absolute atomic E-state index is 12.3. The number of anilines is 1. The Morgan fingerprint density at radius 1 is 0.686 bits per heavy atom. The molecule has 1 aliphatic heterocycles. The van der Waals surface area contributed by atoms with Crippen molar-refractivity contribution >= 4 is 25.5 Å². The maximum Gasteiger partial charge on any atom is 0.464 e. The van der Waals surface area contributed by atoms with Gasteiger partial charge in [-0.15, -0.1) is 4.35 Å². The second kappa shape index (κ2) is 11.7. The molecule has 0 aromatic heterocycles. The van der Waals surface area contributed by atoms with E-state index in [1.807, 2.05) is 0 Å². The van der Waals surface area contributed by atoms with Crippen molar-refractivity contribution in [3.63, 3.8) is 0 Å². The second-order valence-corrected chi connectivity index (χ2v) is 12.2. The lowest BCUT2D eigenvalue weighted by molar-refractivity contribution is -0.274. The third kappa shape index (κ3) is 5.45. The van der Waals surface area contributed by atoms with Crippen molar-refractivity contribution in [3.05, 3.63) is 69.9 Å². The van der Waals surface area contributed by atoms with Gasteiger partial charge < -0.3 is 21.9 Å². The Labute approximate surface area is 225 Å². The zero-order valence-corrected chi connectivity index (χ0v) is 25.9. The van der Waals surface area contributed by atoms with E-state index in [1.165, 1.54) is 39.2 Å². The normalized spacial score (nSPS) is 16.8. The molecule has 0 radical (unpaired) electrons. The summed E-state index contributed by atoms with van der Waals surface area (Å²) >= 11 is 0. The molecule has 0 unspecified atom stereocenters. The molecule has 0 amide bonds. The van der Waals surface area contributed by atoms with Crippen molar-refractivity contribution in [2.75, 3.05) is 4.67 Å². The second-order valence-electron chi connectivity index (χ2n) is 10.9. The Bertz CT molecular complexity index is 1080. The van der Waals surface area contributed by atoms with Crippen molar-refractivity contribution < 1.29 is 26.2 Å². The van der Waals surface area contributed by atoms with Gasteiger partial charge in [0.05, 0.1) is 5.69 Å². The van der Waals surface area contributed by atoms with E-state index in [-0.39, 0.29) is 17.0 Å². The van der Waals surface area contributed by atoms with E-state index >= 15 is 0 Å². The Balaban J connectivity index is 0.00000432. The lowest BCUT2D eigenvalue weighted by atomic mass is 9.92. The summed E-state index contributed by atoms with van der Waals surface area (Å²) in [7, 11) is -1.67. The monoisotopic (exact) mass is 558 g/mol. The molecule has 0 saturated heterocycles. The first-order valence-electron chi connectivity index (χ1n) is 12.8. The zero-order chi connectivity index (χ0) is 25.5. The summed E-state index contributed by atoms with van der Waals surface area (Å²) in [6, 6.07) is 13.3. The molecule has 1 N–H and O–H groups in total. The van der Waals surface area contributed by atoms with Crippen LogP contribution >= 0.6 is 8.45 Å². The number of allylic oxidation sites excluding steroid dienone is 2. The zero-order valence-electron chi connectivity index (χ0n) is 23.4. The summed E-state index contributed by atoms with van der Waals surface area (Å²) in [6.07, 6.45) is 0. The highest BCUT2D eigenvalue weighted by atomic mass is 79.9. The molecule has 3 nitrogen and oxygen atoms in total. The van der Waals surface area contributed by atoms with Crippen LogP contribution in [0.25, 0.3) is 0 Å². The van der Waals surface area contributed by atoms with Gasteiger partial charge in [0.15, 0.2) is 5.71 Å². The fourth-order valence-corrected chi connectivity index (χ4v) is 6.80. The van der Waals surface area contributed by atoms with Crippen molar-refractivity contribution in [1.82, 2.24) is 0 Å². The topological polar surface area (TPSA) is 26.5 Å². The minimum Gasteiger partial charge on any atom is -1.00 e. The molecule has 0 spiro atoms. The average molecular weight is 560 g/mol. The molecule has 192 valence electrons. The average Bonchev–Trinajstić information content (AvgIpc) is 2.77. The van der Waals surface area contributed by atoms with Gasteiger partial charge in [0.1, 0.15) is 0 Å². The van der Waals surface area contributed by atoms with Crippen molar-refractivity contribution in [2.45, 2.75) is 99.8 Å². The van der Waals surface area contributed by atoms with Crippen LogP contribution in [-0.4, -0.2) is 15.0 Å². The fourth-order valence-electron chi connectivity index (χ4n) is 4.96. The number of rotatable bonds is 6. The molecule has 1 heterocycles. The Morgan fingerprint density at radius 3 is 1.43 bits per heavy atom. The molecule has 0 aliphatic carbocycles. The van der Waals surface area contributed by atoms with E-state index in [0.29, 0.717) is 23.7 Å². The SMILES string of the molecule is CC1=C(C)N(c2c(C(C)C)cccc2C(C)C)[P@](O)[N+](c2c(C(C)C)cccc2C(C)C)=C1C.[Br-].